The van der Waals surface area contributed by atoms with Crippen molar-refractivity contribution in [3.63, 3.8) is 0 Å². The minimum atomic E-state index is -0.748. The Kier molecular flexibility index (Phi) is 4.46. The molecule has 3 aromatic heterocycles. The maximum Gasteiger partial charge on any atom is 0.255 e. The van der Waals surface area contributed by atoms with Gasteiger partial charge in [-0.2, -0.15) is 5.10 Å². The predicted octanol–water partition coefficient (Wildman–Crippen LogP) is 2.02. The molecule has 0 aliphatic rings. The molecule has 4 aromatic rings. The molecule has 0 spiro atoms. The second-order valence-corrected chi connectivity index (χ2v) is 7.51. The number of carbonyl (C=O) groups is 1. The molecular formula is C20H22N6O3. The lowest BCUT2D eigenvalue weighted by Crippen LogP contribution is -2.46. The summed E-state index contributed by atoms with van der Waals surface area (Å²) >= 11 is 0. The fourth-order valence-electron chi connectivity index (χ4n) is 3.15. The van der Waals surface area contributed by atoms with Gasteiger partial charge in [-0.1, -0.05) is 0 Å². The van der Waals surface area contributed by atoms with E-state index in [1.807, 2.05) is 25.2 Å². The first kappa shape index (κ1) is 18.9. The molecule has 9 heteroatoms. The number of aryl methyl sites for hydroxylation is 1. The fourth-order valence-corrected chi connectivity index (χ4v) is 3.15. The van der Waals surface area contributed by atoms with Crippen molar-refractivity contribution in [2.45, 2.75) is 19.4 Å². The van der Waals surface area contributed by atoms with E-state index in [1.165, 1.54) is 0 Å². The number of nitrogens with one attached hydrogen (secondary N) is 2. The first-order valence-electron chi connectivity index (χ1n) is 9.11. The lowest BCUT2D eigenvalue weighted by molar-refractivity contribution is 0.0871. The van der Waals surface area contributed by atoms with Crippen LogP contribution in [0.5, 0.6) is 5.75 Å². The number of aliphatic hydroxyl groups is 1. The van der Waals surface area contributed by atoms with Gasteiger partial charge >= 0.3 is 0 Å². The molecule has 3 heterocycles. The SMILES string of the molecule is COc1ccc2c(-c3cnc4[nH]cc(C(=O)NC(C)(C)CO)c4n3)nn(C)c2c1. The van der Waals surface area contributed by atoms with E-state index in [0.29, 0.717) is 28.1 Å². The first-order chi connectivity index (χ1) is 13.8. The van der Waals surface area contributed by atoms with Gasteiger partial charge in [0.2, 0.25) is 0 Å². The third-order valence-corrected chi connectivity index (χ3v) is 4.77. The molecular weight excluding hydrogens is 372 g/mol. The molecule has 1 amide bonds. The highest BCUT2D eigenvalue weighted by molar-refractivity contribution is 6.05. The van der Waals surface area contributed by atoms with Gasteiger partial charge in [-0.05, 0) is 26.0 Å². The number of carbonyl (C=O) groups excluding carboxylic acids is 1. The summed E-state index contributed by atoms with van der Waals surface area (Å²) in [5.74, 6) is 0.405. The molecule has 0 saturated heterocycles. The standard InChI is InChI=1S/C20H22N6O3/c1-20(2,10-27)24-19(28)13-8-21-18-17(13)23-14(9-22-18)16-12-6-5-11(29-4)7-15(12)26(3)25-16/h5-9,27H,10H2,1-4H3,(H,21,22)(H,24,28). The average molecular weight is 394 g/mol. The van der Waals surface area contributed by atoms with Crippen molar-refractivity contribution >= 4 is 28.0 Å². The van der Waals surface area contributed by atoms with Gasteiger partial charge in [-0.3, -0.25) is 9.48 Å². The van der Waals surface area contributed by atoms with Gasteiger partial charge in [-0.15, -0.1) is 0 Å². The van der Waals surface area contributed by atoms with Gasteiger partial charge < -0.3 is 20.1 Å². The van der Waals surface area contributed by atoms with Crippen LogP contribution in [0.3, 0.4) is 0 Å². The molecule has 4 rings (SSSR count). The summed E-state index contributed by atoms with van der Waals surface area (Å²) in [6, 6.07) is 5.70. The van der Waals surface area contributed by atoms with E-state index >= 15 is 0 Å². The Morgan fingerprint density at radius 1 is 1.38 bits per heavy atom. The number of methoxy groups -OCH3 is 1. The van der Waals surface area contributed by atoms with Crippen LogP contribution < -0.4 is 10.1 Å². The second kappa shape index (κ2) is 6.85. The highest BCUT2D eigenvalue weighted by Crippen LogP contribution is 2.30. The maximum atomic E-state index is 12.7. The van der Waals surface area contributed by atoms with Gasteiger partial charge in [0.05, 0.1) is 36.5 Å². The molecule has 0 bridgehead atoms. The van der Waals surface area contributed by atoms with Crippen molar-refractivity contribution in [2.24, 2.45) is 7.05 Å². The van der Waals surface area contributed by atoms with Gasteiger partial charge in [0.15, 0.2) is 5.65 Å². The molecule has 0 unspecified atom stereocenters. The molecule has 3 N–H and O–H groups in total. The first-order valence-corrected chi connectivity index (χ1v) is 9.11. The topological polar surface area (TPSA) is 118 Å². The van der Waals surface area contributed by atoms with Crippen molar-refractivity contribution in [1.82, 2.24) is 30.0 Å². The van der Waals surface area contributed by atoms with Crippen LogP contribution in [0.2, 0.25) is 0 Å². The van der Waals surface area contributed by atoms with Crippen molar-refractivity contribution in [3.05, 3.63) is 36.2 Å². The molecule has 150 valence electrons. The Hall–Kier alpha value is -3.46. The minimum absolute atomic E-state index is 0.179. The van der Waals surface area contributed by atoms with Crippen LogP contribution in [0.4, 0.5) is 0 Å². The monoisotopic (exact) mass is 394 g/mol. The molecule has 0 fully saturated rings. The van der Waals surface area contributed by atoms with Crippen LogP contribution in [-0.2, 0) is 7.05 Å². The lowest BCUT2D eigenvalue weighted by atomic mass is 10.1. The fraction of sp³-hybridized carbons (Fsp3) is 0.300. The number of fused-ring (bicyclic) bond motifs is 2. The smallest absolute Gasteiger partial charge is 0.255 e. The van der Waals surface area contributed by atoms with Gasteiger partial charge in [-0.25, -0.2) is 9.97 Å². The largest absolute Gasteiger partial charge is 0.497 e. The zero-order valence-electron chi connectivity index (χ0n) is 16.6. The van der Waals surface area contributed by atoms with Crippen molar-refractivity contribution in [1.29, 1.82) is 0 Å². The molecule has 9 nitrogen and oxygen atoms in total. The number of H-pyrrole nitrogens is 1. The van der Waals surface area contributed by atoms with Gasteiger partial charge in [0.1, 0.15) is 22.7 Å². The second-order valence-electron chi connectivity index (χ2n) is 7.51. The van der Waals surface area contributed by atoms with Gasteiger partial charge in [0, 0.05) is 24.7 Å². The Morgan fingerprint density at radius 2 is 2.17 bits per heavy atom. The summed E-state index contributed by atoms with van der Waals surface area (Å²) in [6.07, 6.45) is 3.20. The molecule has 0 saturated carbocycles. The summed E-state index contributed by atoms with van der Waals surface area (Å²) in [5.41, 5.74) is 2.69. The Balaban J connectivity index is 1.80. The molecule has 0 atom stereocenters. The van der Waals surface area contributed by atoms with Gasteiger partial charge in [0.25, 0.3) is 5.91 Å². The van der Waals surface area contributed by atoms with E-state index in [4.69, 9.17) is 4.74 Å². The zero-order valence-corrected chi connectivity index (χ0v) is 16.6. The zero-order chi connectivity index (χ0) is 20.8. The number of aliphatic hydroxyl groups excluding tert-OH is 1. The van der Waals surface area contributed by atoms with Crippen molar-refractivity contribution in [3.8, 4) is 17.1 Å². The molecule has 0 aliphatic heterocycles. The highest BCUT2D eigenvalue weighted by Gasteiger charge is 2.23. The van der Waals surface area contributed by atoms with Crippen LogP contribution in [-0.4, -0.2) is 55.0 Å². The minimum Gasteiger partial charge on any atom is -0.497 e. The number of aromatic amines is 1. The number of ether oxygens (including phenoxy) is 1. The summed E-state index contributed by atoms with van der Waals surface area (Å²) in [6.45, 7) is 3.30. The average Bonchev–Trinajstić information content (AvgIpc) is 3.28. The van der Waals surface area contributed by atoms with Crippen LogP contribution >= 0.6 is 0 Å². The number of nitrogens with zero attached hydrogens (tertiary/aromatic N) is 4. The third-order valence-electron chi connectivity index (χ3n) is 4.77. The third kappa shape index (κ3) is 3.29. The summed E-state index contributed by atoms with van der Waals surface area (Å²) in [5, 5.41) is 17.7. The van der Waals surface area contributed by atoms with Crippen molar-refractivity contribution in [2.75, 3.05) is 13.7 Å². The van der Waals surface area contributed by atoms with E-state index in [9.17, 15) is 9.90 Å². The van der Waals surface area contributed by atoms with Crippen LogP contribution in [0, 0.1) is 0 Å². The van der Waals surface area contributed by atoms with Crippen LogP contribution in [0.25, 0.3) is 33.5 Å². The number of hydrogen-bond donors (Lipinski definition) is 3. The van der Waals surface area contributed by atoms with E-state index in [-0.39, 0.29) is 12.5 Å². The highest BCUT2D eigenvalue weighted by atomic mass is 16.5. The van der Waals surface area contributed by atoms with E-state index in [2.05, 4.69) is 25.4 Å². The molecule has 0 radical (unpaired) electrons. The van der Waals surface area contributed by atoms with Crippen LogP contribution in [0.1, 0.15) is 24.2 Å². The summed E-state index contributed by atoms with van der Waals surface area (Å²) in [7, 11) is 3.47. The Morgan fingerprint density at radius 3 is 2.90 bits per heavy atom. The molecule has 0 aliphatic carbocycles. The summed E-state index contributed by atoms with van der Waals surface area (Å²) in [4.78, 5) is 24.7. The lowest BCUT2D eigenvalue weighted by Gasteiger charge is -2.23. The van der Waals surface area contributed by atoms with Crippen molar-refractivity contribution < 1.29 is 14.6 Å². The molecule has 29 heavy (non-hydrogen) atoms. The van der Waals surface area contributed by atoms with Crippen LogP contribution in [0.15, 0.2) is 30.6 Å². The Bertz CT molecular complexity index is 1220. The number of aromatic nitrogens is 5. The van der Waals surface area contributed by atoms with E-state index in [0.717, 1.165) is 16.7 Å². The quantitative estimate of drug-likeness (QED) is 0.477. The van der Waals surface area contributed by atoms with E-state index < -0.39 is 5.54 Å². The maximum absolute atomic E-state index is 12.7. The normalized spacial score (nSPS) is 11.9. The number of hydrogen-bond acceptors (Lipinski definition) is 6. The number of rotatable bonds is 5. The predicted molar refractivity (Wildman–Crippen MR) is 109 cm³/mol. The number of benzene rings is 1. The Labute approximate surface area is 166 Å². The molecule has 1 aromatic carbocycles. The number of amides is 1. The summed E-state index contributed by atoms with van der Waals surface area (Å²) < 4.78 is 7.05. The van der Waals surface area contributed by atoms with E-state index in [1.54, 1.807) is 38.0 Å².